The molecule has 0 amide bonds. The Morgan fingerprint density at radius 2 is 1.97 bits per heavy atom. The zero-order chi connectivity index (χ0) is 24.4. The monoisotopic (exact) mass is 500 g/mol. The number of nitrogens with one attached hydrogen (secondary N) is 1. The zero-order valence-electron chi connectivity index (χ0n) is 19.9. The van der Waals surface area contributed by atoms with Crippen LogP contribution < -0.4 is 10.1 Å². The van der Waals surface area contributed by atoms with Crippen molar-refractivity contribution in [1.29, 1.82) is 0 Å². The first-order valence-electron chi connectivity index (χ1n) is 11.9. The molecular formula is C25H29FN4O4S. The first kappa shape index (κ1) is 23.9. The molecule has 3 heterocycles. The first-order valence-corrected chi connectivity index (χ1v) is 12.7. The molecule has 8 nitrogen and oxygen atoms in total. The molecule has 5 rings (SSSR count). The lowest BCUT2D eigenvalue weighted by atomic mass is 9.91. The molecule has 0 bridgehead atoms. The highest BCUT2D eigenvalue weighted by Gasteiger charge is 2.28. The maximum Gasteiger partial charge on any atom is 0.348 e. The van der Waals surface area contributed by atoms with Crippen LogP contribution in [-0.2, 0) is 9.47 Å². The van der Waals surface area contributed by atoms with E-state index in [1.54, 1.807) is 6.07 Å². The standard InChI is InChI=1S/C25H29FN4O4S/c1-15-21-23(27-14-28-24(21)35-22(15)25(31)32-2)29-19-8-3-16(26)13-20(19)34-18-6-4-17(5-7-18)30-9-11-33-12-10-30/h3,8,13-14,17-18H,4-7,9-12H2,1-2H3,(H,27,28,29). The Balaban J connectivity index is 1.34. The van der Waals surface area contributed by atoms with E-state index in [0.29, 0.717) is 33.0 Å². The molecule has 0 atom stereocenters. The molecule has 186 valence electrons. The van der Waals surface area contributed by atoms with E-state index in [4.69, 9.17) is 14.2 Å². The number of hydrogen-bond donors (Lipinski definition) is 1. The number of carbonyl (C=O) groups is 1. The third-order valence-corrected chi connectivity index (χ3v) is 7.97. The number of rotatable bonds is 6. The van der Waals surface area contributed by atoms with E-state index in [0.717, 1.165) is 62.9 Å². The average Bonchev–Trinajstić information content (AvgIpc) is 3.23. The second-order valence-corrected chi connectivity index (χ2v) is 9.91. The minimum Gasteiger partial charge on any atom is -0.488 e. The largest absolute Gasteiger partial charge is 0.488 e. The Kier molecular flexibility index (Phi) is 7.12. The number of benzene rings is 1. The van der Waals surface area contributed by atoms with Crippen molar-refractivity contribution in [2.45, 2.75) is 44.8 Å². The minimum atomic E-state index is -0.407. The molecule has 10 heteroatoms. The van der Waals surface area contributed by atoms with Gasteiger partial charge in [-0.25, -0.2) is 19.2 Å². The van der Waals surface area contributed by atoms with Gasteiger partial charge in [0, 0.05) is 25.2 Å². The van der Waals surface area contributed by atoms with Crippen molar-refractivity contribution in [3.8, 4) is 5.75 Å². The van der Waals surface area contributed by atoms with Gasteiger partial charge in [-0.05, 0) is 50.3 Å². The number of fused-ring (bicyclic) bond motifs is 1. The van der Waals surface area contributed by atoms with Crippen LogP contribution in [0.1, 0.15) is 40.9 Å². The number of anilines is 2. The number of morpholine rings is 1. The summed E-state index contributed by atoms with van der Waals surface area (Å²) in [5.41, 5.74) is 1.36. The van der Waals surface area contributed by atoms with Crippen LogP contribution in [0.4, 0.5) is 15.9 Å². The van der Waals surface area contributed by atoms with Crippen molar-refractivity contribution >= 4 is 39.0 Å². The van der Waals surface area contributed by atoms with Crippen molar-refractivity contribution in [3.05, 3.63) is 40.8 Å². The van der Waals surface area contributed by atoms with Crippen LogP contribution in [-0.4, -0.2) is 66.4 Å². The molecule has 0 unspecified atom stereocenters. The molecule has 1 saturated carbocycles. The van der Waals surface area contributed by atoms with E-state index in [1.807, 2.05) is 6.92 Å². The Labute approximate surface area is 207 Å². The number of hydrogen-bond acceptors (Lipinski definition) is 9. The van der Waals surface area contributed by atoms with Crippen molar-refractivity contribution in [2.24, 2.45) is 0 Å². The van der Waals surface area contributed by atoms with Gasteiger partial charge in [0.2, 0.25) is 0 Å². The zero-order valence-corrected chi connectivity index (χ0v) is 20.7. The van der Waals surface area contributed by atoms with E-state index < -0.39 is 5.97 Å². The van der Waals surface area contributed by atoms with Crippen LogP contribution in [0, 0.1) is 12.7 Å². The summed E-state index contributed by atoms with van der Waals surface area (Å²) < 4.78 is 30.9. The van der Waals surface area contributed by atoms with Gasteiger partial charge in [-0.2, -0.15) is 0 Å². The van der Waals surface area contributed by atoms with Gasteiger partial charge >= 0.3 is 5.97 Å². The van der Waals surface area contributed by atoms with Gasteiger partial charge in [-0.3, -0.25) is 4.90 Å². The lowest BCUT2D eigenvalue weighted by molar-refractivity contribution is -0.000994. The van der Waals surface area contributed by atoms with E-state index in [2.05, 4.69) is 20.2 Å². The Bertz CT molecular complexity index is 1210. The van der Waals surface area contributed by atoms with Crippen LogP contribution in [0.2, 0.25) is 0 Å². The van der Waals surface area contributed by atoms with Gasteiger partial charge in [0.25, 0.3) is 0 Å². The number of aromatic nitrogens is 2. The molecule has 0 radical (unpaired) electrons. The highest BCUT2D eigenvalue weighted by Crippen LogP contribution is 2.38. The lowest BCUT2D eigenvalue weighted by Gasteiger charge is -2.38. The number of aryl methyl sites for hydroxylation is 1. The van der Waals surface area contributed by atoms with Crippen molar-refractivity contribution < 1.29 is 23.4 Å². The van der Waals surface area contributed by atoms with Gasteiger partial charge < -0.3 is 19.5 Å². The molecule has 0 spiro atoms. The van der Waals surface area contributed by atoms with Gasteiger partial charge in [0.1, 0.15) is 33.4 Å². The Morgan fingerprint density at radius 3 is 2.71 bits per heavy atom. The summed E-state index contributed by atoms with van der Waals surface area (Å²) >= 11 is 1.26. The number of esters is 1. The minimum absolute atomic E-state index is 0.0221. The third kappa shape index (κ3) is 5.10. The second-order valence-electron chi connectivity index (χ2n) is 8.91. The van der Waals surface area contributed by atoms with Crippen LogP contribution in [0.25, 0.3) is 10.2 Å². The molecular weight excluding hydrogens is 471 g/mol. The molecule has 3 aromatic rings. The topological polar surface area (TPSA) is 85.8 Å². The SMILES string of the molecule is COC(=O)c1sc2ncnc(Nc3ccc(F)cc3OC3CCC(N4CCOCC4)CC3)c2c1C. The molecule has 1 aliphatic carbocycles. The summed E-state index contributed by atoms with van der Waals surface area (Å²) in [4.78, 5) is 24.5. The predicted molar refractivity (Wildman–Crippen MR) is 132 cm³/mol. The van der Waals surface area contributed by atoms with Gasteiger partial charge in [0.05, 0.1) is 37.5 Å². The average molecular weight is 501 g/mol. The quantitative estimate of drug-likeness (QED) is 0.488. The lowest BCUT2D eigenvalue weighted by Crippen LogP contribution is -2.46. The molecule has 1 saturated heterocycles. The fraction of sp³-hybridized carbons (Fsp3) is 0.480. The third-order valence-electron chi connectivity index (χ3n) is 6.79. The maximum absolute atomic E-state index is 14.2. The van der Waals surface area contributed by atoms with Crippen LogP contribution >= 0.6 is 11.3 Å². The molecule has 35 heavy (non-hydrogen) atoms. The summed E-state index contributed by atoms with van der Waals surface area (Å²) in [6.07, 6.45) is 5.41. The van der Waals surface area contributed by atoms with Crippen LogP contribution in [0.5, 0.6) is 5.75 Å². The molecule has 1 aliphatic heterocycles. The summed E-state index contributed by atoms with van der Waals surface area (Å²) in [5, 5.41) is 4.03. The normalized spacial score (nSPS) is 21.1. The summed E-state index contributed by atoms with van der Waals surface area (Å²) in [5.74, 6) is 0.217. The fourth-order valence-corrected chi connectivity index (χ4v) is 6.00. The molecule has 2 aliphatic rings. The number of carbonyl (C=O) groups excluding carboxylic acids is 1. The summed E-state index contributed by atoms with van der Waals surface area (Å²) in [6, 6.07) is 5.02. The van der Waals surface area contributed by atoms with E-state index in [9.17, 15) is 9.18 Å². The molecule has 1 aromatic carbocycles. The van der Waals surface area contributed by atoms with Crippen LogP contribution in [0.15, 0.2) is 24.5 Å². The first-order chi connectivity index (χ1) is 17.0. The molecule has 2 aromatic heterocycles. The number of nitrogens with zero attached hydrogens (tertiary/aromatic N) is 3. The number of halogens is 1. The predicted octanol–water partition coefficient (Wildman–Crippen LogP) is 4.69. The number of methoxy groups -OCH3 is 1. The number of ether oxygens (including phenoxy) is 3. The molecule has 1 N–H and O–H groups in total. The Hall–Kier alpha value is -2.82. The Morgan fingerprint density at radius 1 is 1.20 bits per heavy atom. The van der Waals surface area contributed by atoms with E-state index in [-0.39, 0.29) is 11.9 Å². The highest BCUT2D eigenvalue weighted by molar-refractivity contribution is 7.20. The van der Waals surface area contributed by atoms with Crippen molar-refractivity contribution in [1.82, 2.24) is 14.9 Å². The fourth-order valence-electron chi connectivity index (χ4n) is 4.93. The number of thiophene rings is 1. The van der Waals surface area contributed by atoms with E-state index in [1.165, 1.54) is 36.9 Å². The van der Waals surface area contributed by atoms with E-state index >= 15 is 0 Å². The van der Waals surface area contributed by atoms with Crippen molar-refractivity contribution in [3.63, 3.8) is 0 Å². The highest BCUT2D eigenvalue weighted by atomic mass is 32.1. The van der Waals surface area contributed by atoms with Gasteiger partial charge in [-0.1, -0.05) is 0 Å². The van der Waals surface area contributed by atoms with Crippen LogP contribution in [0.3, 0.4) is 0 Å². The summed E-state index contributed by atoms with van der Waals surface area (Å²) in [7, 11) is 1.35. The molecule has 2 fully saturated rings. The van der Waals surface area contributed by atoms with Gasteiger partial charge in [0.15, 0.2) is 0 Å². The second kappa shape index (κ2) is 10.4. The summed E-state index contributed by atoms with van der Waals surface area (Å²) in [6.45, 7) is 5.42. The van der Waals surface area contributed by atoms with Crippen molar-refractivity contribution in [2.75, 3.05) is 38.7 Å². The smallest absolute Gasteiger partial charge is 0.348 e. The maximum atomic E-state index is 14.2. The van der Waals surface area contributed by atoms with Gasteiger partial charge in [-0.15, -0.1) is 11.3 Å².